The maximum Gasteiger partial charge on any atom is 0.169 e. The number of piperidine rings is 2. The van der Waals surface area contributed by atoms with Crippen molar-refractivity contribution >= 4 is 17.3 Å². The predicted octanol–water partition coefficient (Wildman–Crippen LogP) is 1.44. The van der Waals surface area contributed by atoms with Crippen molar-refractivity contribution in [2.24, 2.45) is 5.92 Å². The Bertz CT molecular complexity index is 303. The molecule has 0 radical (unpaired) electrons. The summed E-state index contributed by atoms with van der Waals surface area (Å²) in [5.74, 6) is 0.835. The van der Waals surface area contributed by atoms with Crippen molar-refractivity contribution in [3.63, 3.8) is 0 Å². The summed E-state index contributed by atoms with van der Waals surface area (Å²) in [4.78, 5) is 4.97. The number of nitrogens with one attached hydrogen (secondary N) is 1. The Morgan fingerprint density at radius 2 is 2.00 bits per heavy atom. The van der Waals surface area contributed by atoms with Crippen molar-refractivity contribution in [3.8, 4) is 0 Å². The quantitative estimate of drug-likeness (QED) is 0.713. The summed E-state index contributed by atoms with van der Waals surface area (Å²) in [6.07, 6.45) is 6.64. The lowest BCUT2D eigenvalue weighted by Crippen LogP contribution is -2.55. The highest BCUT2D eigenvalue weighted by Crippen LogP contribution is 2.30. The van der Waals surface area contributed by atoms with Gasteiger partial charge in [-0.05, 0) is 63.8 Å². The second kappa shape index (κ2) is 4.73. The first-order valence-corrected chi connectivity index (χ1v) is 7.40. The van der Waals surface area contributed by atoms with E-state index in [1.807, 2.05) is 0 Å². The molecule has 3 fully saturated rings. The smallest absolute Gasteiger partial charge is 0.169 e. The number of nitrogens with zero attached hydrogens (tertiary/aromatic N) is 2. The topological polar surface area (TPSA) is 18.5 Å². The zero-order valence-electron chi connectivity index (χ0n) is 10.7. The number of hydrogen-bond acceptors (Lipinski definition) is 2. The summed E-state index contributed by atoms with van der Waals surface area (Å²) in [5, 5.41) is 4.49. The van der Waals surface area contributed by atoms with Gasteiger partial charge in [0.05, 0.1) is 0 Å². The fraction of sp³-hybridized carbons (Fsp3) is 0.923. The Kier molecular flexibility index (Phi) is 3.26. The van der Waals surface area contributed by atoms with Gasteiger partial charge in [-0.25, -0.2) is 0 Å². The zero-order chi connectivity index (χ0) is 11.8. The van der Waals surface area contributed by atoms with Crippen molar-refractivity contribution in [2.45, 2.75) is 44.2 Å². The van der Waals surface area contributed by atoms with Crippen LogP contribution in [0, 0.1) is 5.92 Å². The van der Waals surface area contributed by atoms with Crippen LogP contribution in [-0.4, -0.2) is 53.7 Å². The molecule has 3 rings (SSSR count). The Labute approximate surface area is 110 Å². The van der Waals surface area contributed by atoms with E-state index in [-0.39, 0.29) is 0 Å². The van der Waals surface area contributed by atoms with E-state index in [1.54, 1.807) is 0 Å². The predicted molar refractivity (Wildman–Crippen MR) is 74.1 cm³/mol. The van der Waals surface area contributed by atoms with E-state index in [0.29, 0.717) is 6.04 Å². The van der Waals surface area contributed by atoms with Gasteiger partial charge >= 0.3 is 0 Å². The Balaban J connectivity index is 1.57. The molecule has 0 amide bonds. The molecule has 1 aliphatic carbocycles. The molecule has 2 aliphatic heterocycles. The van der Waals surface area contributed by atoms with Gasteiger partial charge < -0.3 is 15.1 Å². The molecule has 2 unspecified atom stereocenters. The molecule has 1 saturated carbocycles. The van der Waals surface area contributed by atoms with Crippen molar-refractivity contribution < 1.29 is 0 Å². The van der Waals surface area contributed by atoms with E-state index in [1.165, 1.54) is 45.2 Å². The molecule has 2 heterocycles. The molecule has 1 N–H and O–H groups in total. The molecule has 4 heteroatoms. The fourth-order valence-corrected chi connectivity index (χ4v) is 3.66. The van der Waals surface area contributed by atoms with Gasteiger partial charge in [-0.1, -0.05) is 0 Å². The molecule has 0 aromatic rings. The molecule has 17 heavy (non-hydrogen) atoms. The molecule has 0 aromatic heterocycles. The minimum Gasteiger partial charge on any atom is -0.360 e. The molecule has 3 aliphatic rings. The normalized spacial score (nSPS) is 34.3. The highest BCUT2D eigenvalue weighted by Gasteiger charge is 2.35. The molecule has 2 saturated heterocycles. The SMILES string of the molecule is CN1CCCC2CN(C(=S)NC3CC3)CCC21. The van der Waals surface area contributed by atoms with Crippen LogP contribution in [0.5, 0.6) is 0 Å². The third kappa shape index (κ3) is 2.58. The summed E-state index contributed by atoms with van der Waals surface area (Å²) < 4.78 is 0. The van der Waals surface area contributed by atoms with E-state index in [4.69, 9.17) is 12.2 Å². The lowest BCUT2D eigenvalue weighted by Gasteiger charge is -2.46. The Morgan fingerprint density at radius 1 is 1.18 bits per heavy atom. The van der Waals surface area contributed by atoms with Gasteiger partial charge in [-0.15, -0.1) is 0 Å². The molecule has 96 valence electrons. The molecular weight excluding hydrogens is 230 g/mol. The first-order chi connectivity index (χ1) is 8.24. The third-order valence-electron chi connectivity index (χ3n) is 4.54. The molecule has 0 aromatic carbocycles. The highest BCUT2D eigenvalue weighted by molar-refractivity contribution is 7.80. The van der Waals surface area contributed by atoms with E-state index in [9.17, 15) is 0 Å². The van der Waals surface area contributed by atoms with Crippen LogP contribution in [-0.2, 0) is 0 Å². The van der Waals surface area contributed by atoms with Crippen molar-refractivity contribution in [2.75, 3.05) is 26.7 Å². The first kappa shape index (κ1) is 11.7. The van der Waals surface area contributed by atoms with Crippen molar-refractivity contribution in [1.29, 1.82) is 0 Å². The maximum absolute atomic E-state index is 5.51. The Morgan fingerprint density at radius 3 is 2.76 bits per heavy atom. The molecule has 0 bridgehead atoms. The van der Waals surface area contributed by atoms with Crippen LogP contribution in [0.25, 0.3) is 0 Å². The molecule has 2 atom stereocenters. The standard InChI is InChI=1S/C13H23N3S/c1-15-7-2-3-10-9-16(8-6-12(10)15)13(17)14-11-4-5-11/h10-12H,2-9H2,1H3,(H,14,17). The molecule has 3 nitrogen and oxygen atoms in total. The number of rotatable bonds is 1. The largest absolute Gasteiger partial charge is 0.360 e. The van der Waals surface area contributed by atoms with Crippen LogP contribution in [0.3, 0.4) is 0 Å². The number of likely N-dealkylation sites (tertiary alicyclic amines) is 2. The lowest BCUT2D eigenvalue weighted by molar-refractivity contribution is 0.0629. The van der Waals surface area contributed by atoms with E-state index in [2.05, 4.69) is 22.2 Å². The van der Waals surface area contributed by atoms with Gasteiger partial charge in [-0.2, -0.15) is 0 Å². The van der Waals surface area contributed by atoms with E-state index < -0.39 is 0 Å². The van der Waals surface area contributed by atoms with Gasteiger partial charge in [0.1, 0.15) is 0 Å². The third-order valence-corrected chi connectivity index (χ3v) is 4.91. The van der Waals surface area contributed by atoms with E-state index in [0.717, 1.165) is 23.6 Å². The second-order valence-electron chi connectivity index (χ2n) is 5.91. The monoisotopic (exact) mass is 253 g/mol. The summed E-state index contributed by atoms with van der Waals surface area (Å²) in [5.41, 5.74) is 0. The van der Waals surface area contributed by atoms with Crippen molar-refractivity contribution in [1.82, 2.24) is 15.1 Å². The Hall–Kier alpha value is -0.350. The van der Waals surface area contributed by atoms with Gasteiger partial charge in [0.2, 0.25) is 0 Å². The van der Waals surface area contributed by atoms with Crippen LogP contribution >= 0.6 is 12.2 Å². The zero-order valence-corrected chi connectivity index (χ0v) is 11.5. The summed E-state index contributed by atoms with van der Waals surface area (Å²) in [6.45, 7) is 3.60. The first-order valence-electron chi connectivity index (χ1n) is 7.00. The van der Waals surface area contributed by atoms with Crippen LogP contribution in [0.2, 0.25) is 0 Å². The van der Waals surface area contributed by atoms with Gasteiger partial charge in [0.15, 0.2) is 5.11 Å². The second-order valence-corrected chi connectivity index (χ2v) is 6.30. The maximum atomic E-state index is 5.51. The summed E-state index contributed by atoms with van der Waals surface area (Å²) in [6, 6.07) is 1.50. The minimum absolute atomic E-state index is 0.689. The number of fused-ring (bicyclic) bond motifs is 1. The average Bonchev–Trinajstić information content (AvgIpc) is 3.13. The van der Waals surface area contributed by atoms with Crippen molar-refractivity contribution in [3.05, 3.63) is 0 Å². The summed E-state index contributed by atoms with van der Waals surface area (Å²) >= 11 is 5.51. The lowest BCUT2D eigenvalue weighted by atomic mass is 9.84. The van der Waals surface area contributed by atoms with Gasteiger partial charge in [0.25, 0.3) is 0 Å². The summed E-state index contributed by atoms with van der Waals surface area (Å²) in [7, 11) is 2.28. The number of thiocarbonyl (C=S) groups is 1. The molecule has 0 spiro atoms. The van der Waals surface area contributed by atoms with Gasteiger partial charge in [-0.3, -0.25) is 0 Å². The van der Waals surface area contributed by atoms with Crippen LogP contribution in [0.1, 0.15) is 32.1 Å². The minimum atomic E-state index is 0.689. The number of hydrogen-bond donors (Lipinski definition) is 1. The average molecular weight is 253 g/mol. The van der Waals surface area contributed by atoms with Crippen LogP contribution in [0.4, 0.5) is 0 Å². The van der Waals surface area contributed by atoms with Crippen LogP contribution in [0.15, 0.2) is 0 Å². The fourth-order valence-electron chi connectivity index (χ4n) is 3.33. The molecular formula is C13H23N3S. The van der Waals surface area contributed by atoms with Gasteiger partial charge in [0, 0.05) is 25.2 Å². The van der Waals surface area contributed by atoms with E-state index >= 15 is 0 Å². The van der Waals surface area contributed by atoms with Crippen LogP contribution < -0.4 is 5.32 Å². The highest BCUT2D eigenvalue weighted by atomic mass is 32.1.